The van der Waals surface area contributed by atoms with Gasteiger partial charge in [-0.05, 0) is 44.6 Å². The van der Waals surface area contributed by atoms with Gasteiger partial charge < -0.3 is 5.32 Å². The molecule has 0 atom stereocenters. The maximum atomic E-state index is 13.2. The molecule has 1 aliphatic rings. The highest BCUT2D eigenvalue weighted by molar-refractivity contribution is 4.98. The van der Waals surface area contributed by atoms with E-state index in [0.29, 0.717) is 25.3 Å². The summed E-state index contributed by atoms with van der Waals surface area (Å²) in [5, 5.41) is 2.76. The van der Waals surface area contributed by atoms with E-state index in [1.165, 1.54) is 0 Å². The molecule has 0 unspecified atom stereocenters. The van der Waals surface area contributed by atoms with Gasteiger partial charge in [0.2, 0.25) is 0 Å². The lowest BCUT2D eigenvalue weighted by Gasteiger charge is -2.42. The average molecular weight is 251 g/mol. The average Bonchev–Trinajstić information content (AvgIpc) is 2.27. The monoisotopic (exact) mass is 251 g/mol. The molecule has 17 heavy (non-hydrogen) atoms. The van der Waals surface area contributed by atoms with Gasteiger partial charge in [0, 0.05) is 0 Å². The third-order valence-corrected chi connectivity index (χ3v) is 3.91. The van der Waals surface area contributed by atoms with E-state index in [-0.39, 0.29) is 12.8 Å². The third-order valence-electron chi connectivity index (χ3n) is 3.91. The minimum Gasteiger partial charge on any atom is -0.304 e. The molecule has 0 aromatic rings. The highest BCUT2D eigenvalue weighted by Crippen LogP contribution is 2.44. The molecule has 0 bridgehead atoms. The highest BCUT2D eigenvalue weighted by atomic mass is 19.4. The Kier molecular flexibility index (Phi) is 5.29. The molecule has 1 fully saturated rings. The number of rotatable bonds is 5. The Hall–Kier alpha value is -0.250. The summed E-state index contributed by atoms with van der Waals surface area (Å²) in [6.45, 7) is 4.46. The Labute approximate surface area is 102 Å². The second-order valence-corrected chi connectivity index (χ2v) is 5.24. The van der Waals surface area contributed by atoms with Crippen LogP contribution in [0.3, 0.4) is 0 Å². The quantitative estimate of drug-likeness (QED) is 0.769. The molecular formula is C13H24F3N. The van der Waals surface area contributed by atoms with Crippen LogP contribution in [0.1, 0.15) is 58.8 Å². The predicted molar refractivity (Wildman–Crippen MR) is 63.9 cm³/mol. The van der Waals surface area contributed by atoms with E-state index in [4.69, 9.17) is 0 Å². The minimum atomic E-state index is -4.11. The lowest BCUT2D eigenvalue weighted by atomic mass is 9.74. The maximum absolute atomic E-state index is 13.2. The Morgan fingerprint density at radius 3 is 2.12 bits per heavy atom. The smallest absolute Gasteiger partial charge is 0.304 e. The Balaban J connectivity index is 2.62. The van der Waals surface area contributed by atoms with E-state index in [1.54, 1.807) is 0 Å². The molecule has 1 saturated carbocycles. The summed E-state index contributed by atoms with van der Waals surface area (Å²) in [6, 6.07) is 0. The van der Waals surface area contributed by atoms with Crippen molar-refractivity contribution in [1.82, 2.24) is 5.32 Å². The van der Waals surface area contributed by atoms with Crippen molar-refractivity contribution in [3.05, 3.63) is 0 Å². The molecule has 0 aromatic heterocycles. The van der Waals surface area contributed by atoms with E-state index in [2.05, 4.69) is 12.2 Å². The van der Waals surface area contributed by atoms with Crippen LogP contribution in [-0.2, 0) is 0 Å². The van der Waals surface area contributed by atoms with E-state index >= 15 is 0 Å². The van der Waals surface area contributed by atoms with Crippen LogP contribution in [0.5, 0.6) is 0 Å². The van der Waals surface area contributed by atoms with Gasteiger partial charge in [-0.3, -0.25) is 0 Å². The molecule has 1 nitrogen and oxygen atoms in total. The number of nitrogens with one attached hydrogen (secondary N) is 1. The van der Waals surface area contributed by atoms with E-state index in [1.807, 2.05) is 6.92 Å². The van der Waals surface area contributed by atoms with E-state index in [9.17, 15) is 13.2 Å². The van der Waals surface area contributed by atoms with Crippen molar-refractivity contribution in [3.8, 4) is 0 Å². The zero-order valence-corrected chi connectivity index (χ0v) is 10.9. The molecular weight excluding hydrogens is 227 g/mol. The van der Waals surface area contributed by atoms with Crippen LogP contribution in [0.25, 0.3) is 0 Å². The molecule has 1 aliphatic carbocycles. The van der Waals surface area contributed by atoms with Gasteiger partial charge in [0.15, 0.2) is 0 Å². The molecule has 1 rings (SSSR count). The van der Waals surface area contributed by atoms with Crippen LogP contribution >= 0.6 is 0 Å². The van der Waals surface area contributed by atoms with Crippen LogP contribution < -0.4 is 5.32 Å². The van der Waals surface area contributed by atoms with Gasteiger partial charge in [0.05, 0.1) is 0 Å². The Bertz CT molecular complexity index is 217. The molecule has 0 amide bonds. The fourth-order valence-electron chi connectivity index (χ4n) is 2.79. The summed E-state index contributed by atoms with van der Waals surface area (Å²) in [4.78, 5) is 0. The standard InChI is InChI=1S/C13H24F3N/c1-3-5-11-6-8-12(9-7-11,13(14,15)16)17-10-4-2/h11,17H,3-10H2,1-2H3. The van der Waals surface area contributed by atoms with Gasteiger partial charge in [-0.15, -0.1) is 0 Å². The fraction of sp³-hybridized carbons (Fsp3) is 1.00. The first-order valence-electron chi connectivity index (χ1n) is 6.77. The number of hydrogen-bond acceptors (Lipinski definition) is 1. The fourth-order valence-corrected chi connectivity index (χ4v) is 2.79. The zero-order chi connectivity index (χ0) is 12.9. The Morgan fingerprint density at radius 2 is 1.71 bits per heavy atom. The number of alkyl halides is 3. The first-order chi connectivity index (χ1) is 7.95. The lowest BCUT2D eigenvalue weighted by Crippen LogP contribution is -2.58. The molecule has 0 aromatic carbocycles. The van der Waals surface area contributed by atoms with E-state index < -0.39 is 11.7 Å². The van der Waals surface area contributed by atoms with Crippen molar-refractivity contribution in [3.63, 3.8) is 0 Å². The Morgan fingerprint density at radius 1 is 1.12 bits per heavy atom. The summed E-state index contributed by atoms with van der Waals surface area (Å²) in [7, 11) is 0. The van der Waals surface area contributed by atoms with E-state index in [0.717, 1.165) is 19.3 Å². The van der Waals surface area contributed by atoms with Crippen molar-refractivity contribution in [2.24, 2.45) is 5.92 Å². The van der Waals surface area contributed by atoms with Gasteiger partial charge >= 0.3 is 6.18 Å². The van der Waals surface area contributed by atoms with Crippen molar-refractivity contribution in [2.75, 3.05) is 6.54 Å². The second-order valence-electron chi connectivity index (χ2n) is 5.24. The second kappa shape index (κ2) is 6.07. The maximum Gasteiger partial charge on any atom is 0.406 e. The van der Waals surface area contributed by atoms with Crippen LogP contribution in [-0.4, -0.2) is 18.3 Å². The summed E-state index contributed by atoms with van der Waals surface area (Å²) in [5.41, 5.74) is -1.60. The van der Waals surface area contributed by atoms with Crippen LogP contribution in [0, 0.1) is 5.92 Å². The molecule has 1 N–H and O–H groups in total. The SMILES string of the molecule is CCCNC1(C(F)(F)F)CCC(CCC)CC1. The van der Waals surface area contributed by atoms with Crippen molar-refractivity contribution >= 4 is 0 Å². The first kappa shape index (κ1) is 14.8. The van der Waals surface area contributed by atoms with Crippen LogP contribution in [0.4, 0.5) is 13.2 Å². The predicted octanol–water partition coefficient (Wildman–Crippen LogP) is 4.28. The third kappa shape index (κ3) is 3.60. The molecule has 0 aliphatic heterocycles. The van der Waals surface area contributed by atoms with Gasteiger partial charge in [0.25, 0.3) is 0 Å². The largest absolute Gasteiger partial charge is 0.406 e. The van der Waals surface area contributed by atoms with Gasteiger partial charge in [-0.1, -0.05) is 26.7 Å². The minimum absolute atomic E-state index is 0.251. The van der Waals surface area contributed by atoms with Crippen LogP contribution in [0.15, 0.2) is 0 Å². The molecule has 4 heteroatoms. The summed E-state index contributed by atoms with van der Waals surface area (Å²) in [6.07, 6.45) is 0.708. The van der Waals surface area contributed by atoms with Gasteiger partial charge in [-0.2, -0.15) is 13.2 Å². The summed E-state index contributed by atoms with van der Waals surface area (Å²) < 4.78 is 39.5. The van der Waals surface area contributed by atoms with Crippen molar-refractivity contribution < 1.29 is 13.2 Å². The van der Waals surface area contributed by atoms with Crippen molar-refractivity contribution in [1.29, 1.82) is 0 Å². The molecule has 0 heterocycles. The molecule has 102 valence electrons. The normalized spacial score (nSPS) is 30.5. The van der Waals surface area contributed by atoms with Crippen LogP contribution in [0.2, 0.25) is 0 Å². The summed E-state index contributed by atoms with van der Waals surface area (Å²) in [5.74, 6) is 0.499. The topological polar surface area (TPSA) is 12.0 Å². The molecule has 0 saturated heterocycles. The van der Waals surface area contributed by atoms with Crippen molar-refractivity contribution in [2.45, 2.75) is 70.5 Å². The zero-order valence-electron chi connectivity index (χ0n) is 10.9. The highest BCUT2D eigenvalue weighted by Gasteiger charge is 2.55. The van der Waals surface area contributed by atoms with Gasteiger partial charge in [-0.25, -0.2) is 0 Å². The summed E-state index contributed by atoms with van der Waals surface area (Å²) >= 11 is 0. The number of halogens is 3. The van der Waals surface area contributed by atoms with Gasteiger partial charge in [0.1, 0.15) is 5.54 Å². The molecule has 0 spiro atoms. The number of hydrogen-bond donors (Lipinski definition) is 1. The molecule has 0 radical (unpaired) electrons. The lowest BCUT2D eigenvalue weighted by molar-refractivity contribution is -0.207. The first-order valence-corrected chi connectivity index (χ1v) is 6.77.